The summed E-state index contributed by atoms with van der Waals surface area (Å²) in [7, 11) is -2.00. The minimum atomic E-state index is -3.59. The molecule has 0 fully saturated rings. The lowest BCUT2D eigenvalue weighted by atomic mass is 10.0. The Morgan fingerprint density at radius 1 is 1.11 bits per heavy atom. The number of carbonyl (C=O) groups is 1. The number of aryl methyl sites for hydroxylation is 1. The van der Waals surface area contributed by atoms with Gasteiger partial charge in [0.05, 0.1) is 18.0 Å². The first-order chi connectivity index (χ1) is 13.2. The summed E-state index contributed by atoms with van der Waals surface area (Å²) in [6.07, 6.45) is 0.694. The normalized spacial score (nSPS) is 13.6. The molecule has 2 N–H and O–H groups in total. The maximum absolute atomic E-state index is 12.6. The maximum Gasteiger partial charge on any atom is 0.251 e. The van der Waals surface area contributed by atoms with Gasteiger partial charge in [0.1, 0.15) is 5.75 Å². The van der Waals surface area contributed by atoms with Gasteiger partial charge in [0.2, 0.25) is 10.0 Å². The summed E-state index contributed by atoms with van der Waals surface area (Å²) in [6.45, 7) is 7.57. The van der Waals surface area contributed by atoms with Gasteiger partial charge in [-0.15, -0.1) is 0 Å². The van der Waals surface area contributed by atoms with Crippen LogP contribution >= 0.6 is 0 Å². The number of nitrogens with one attached hydrogen (secondary N) is 2. The van der Waals surface area contributed by atoms with E-state index in [9.17, 15) is 13.2 Å². The number of rotatable bonds is 8. The highest BCUT2D eigenvalue weighted by molar-refractivity contribution is 7.89. The van der Waals surface area contributed by atoms with E-state index in [1.165, 1.54) is 24.3 Å². The highest BCUT2D eigenvalue weighted by Crippen LogP contribution is 2.26. The summed E-state index contributed by atoms with van der Waals surface area (Å²) < 4.78 is 32.6. The van der Waals surface area contributed by atoms with Gasteiger partial charge < -0.3 is 10.1 Å². The monoisotopic (exact) mass is 404 g/mol. The predicted octanol–water partition coefficient (Wildman–Crippen LogP) is 3.57. The Labute approximate surface area is 167 Å². The van der Waals surface area contributed by atoms with Crippen molar-refractivity contribution in [2.75, 3.05) is 7.11 Å². The van der Waals surface area contributed by atoms with E-state index in [-0.39, 0.29) is 22.9 Å². The zero-order valence-corrected chi connectivity index (χ0v) is 17.8. The second kappa shape index (κ2) is 9.21. The third-order valence-electron chi connectivity index (χ3n) is 4.59. The first-order valence-electron chi connectivity index (χ1n) is 9.25. The highest BCUT2D eigenvalue weighted by atomic mass is 32.2. The van der Waals surface area contributed by atoms with Crippen molar-refractivity contribution >= 4 is 15.9 Å². The lowest BCUT2D eigenvalue weighted by Gasteiger charge is -2.18. The van der Waals surface area contributed by atoms with Crippen molar-refractivity contribution < 1.29 is 17.9 Å². The van der Waals surface area contributed by atoms with Crippen LogP contribution in [0.4, 0.5) is 0 Å². The molecule has 0 heterocycles. The van der Waals surface area contributed by atoms with E-state index in [0.717, 1.165) is 11.1 Å². The lowest BCUT2D eigenvalue weighted by molar-refractivity contribution is 0.0939. The molecule has 0 aromatic heterocycles. The van der Waals surface area contributed by atoms with Gasteiger partial charge in [-0.3, -0.25) is 4.79 Å². The average molecular weight is 405 g/mol. The molecule has 2 atom stereocenters. The lowest BCUT2D eigenvalue weighted by Crippen LogP contribution is -2.32. The number of hydrogen-bond acceptors (Lipinski definition) is 4. The smallest absolute Gasteiger partial charge is 0.251 e. The number of ether oxygens (including phenoxy) is 1. The van der Waals surface area contributed by atoms with Gasteiger partial charge in [-0.25, -0.2) is 13.1 Å². The molecule has 152 valence electrons. The molecule has 2 rings (SSSR count). The fraction of sp³-hybridized carbons (Fsp3) is 0.381. The summed E-state index contributed by atoms with van der Waals surface area (Å²) in [5, 5.41) is 2.93. The van der Waals surface area contributed by atoms with Crippen LogP contribution < -0.4 is 14.8 Å². The Kier molecular flexibility index (Phi) is 7.21. The average Bonchev–Trinajstić information content (AvgIpc) is 2.67. The number of amides is 1. The van der Waals surface area contributed by atoms with Crippen LogP contribution in [-0.4, -0.2) is 27.5 Å². The maximum atomic E-state index is 12.6. The van der Waals surface area contributed by atoms with E-state index in [2.05, 4.69) is 10.0 Å². The molecule has 0 radical (unpaired) electrons. The van der Waals surface area contributed by atoms with E-state index >= 15 is 0 Å². The Morgan fingerprint density at radius 3 is 2.32 bits per heavy atom. The van der Waals surface area contributed by atoms with Crippen LogP contribution in [0, 0.1) is 6.92 Å². The molecule has 0 unspecified atom stereocenters. The van der Waals surface area contributed by atoms with Crippen molar-refractivity contribution in [3.63, 3.8) is 0 Å². The Hall–Kier alpha value is -2.38. The first kappa shape index (κ1) is 21.9. The number of hydrogen-bond donors (Lipinski definition) is 2. The summed E-state index contributed by atoms with van der Waals surface area (Å²) in [4.78, 5) is 12.7. The van der Waals surface area contributed by atoms with Crippen LogP contribution in [0.5, 0.6) is 5.75 Å². The largest absolute Gasteiger partial charge is 0.496 e. The van der Waals surface area contributed by atoms with Gasteiger partial charge in [0.15, 0.2) is 0 Å². The number of carbonyl (C=O) groups excluding carboxylic acids is 1. The van der Waals surface area contributed by atoms with Crippen LogP contribution in [0.2, 0.25) is 0 Å². The summed E-state index contributed by atoms with van der Waals surface area (Å²) in [6, 6.07) is 11.3. The third kappa shape index (κ3) is 5.33. The first-order valence-corrected chi connectivity index (χ1v) is 10.7. The molecule has 0 saturated heterocycles. The molecule has 0 saturated carbocycles. The minimum absolute atomic E-state index is 0.137. The quantitative estimate of drug-likeness (QED) is 0.704. The zero-order chi connectivity index (χ0) is 20.9. The molecule has 0 spiro atoms. The molecule has 7 heteroatoms. The van der Waals surface area contributed by atoms with Crippen LogP contribution in [0.1, 0.15) is 54.7 Å². The van der Waals surface area contributed by atoms with Gasteiger partial charge in [-0.05, 0) is 57.5 Å². The van der Waals surface area contributed by atoms with E-state index < -0.39 is 10.0 Å². The molecule has 6 nitrogen and oxygen atoms in total. The molecule has 0 bridgehead atoms. The fourth-order valence-corrected chi connectivity index (χ4v) is 4.08. The van der Waals surface area contributed by atoms with Gasteiger partial charge >= 0.3 is 0 Å². The highest BCUT2D eigenvalue weighted by Gasteiger charge is 2.19. The molecular formula is C21H28N2O4S. The number of benzene rings is 2. The van der Waals surface area contributed by atoms with Crippen LogP contribution in [0.25, 0.3) is 0 Å². The Bertz CT molecular complexity index is 924. The summed E-state index contributed by atoms with van der Waals surface area (Å²) >= 11 is 0. The zero-order valence-electron chi connectivity index (χ0n) is 16.9. The molecule has 0 aliphatic heterocycles. The molecule has 1 amide bonds. The number of methoxy groups -OCH3 is 1. The van der Waals surface area contributed by atoms with Crippen LogP contribution in [0.15, 0.2) is 47.4 Å². The van der Waals surface area contributed by atoms with Crippen LogP contribution in [-0.2, 0) is 10.0 Å². The van der Waals surface area contributed by atoms with Gasteiger partial charge in [-0.2, -0.15) is 0 Å². The predicted molar refractivity (Wildman–Crippen MR) is 110 cm³/mol. The fourth-order valence-electron chi connectivity index (χ4n) is 2.75. The summed E-state index contributed by atoms with van der Waals surface area (Å²) in [5.41, 5.74) is 2.34. The van der Waals surface area contributed by atoms with Crippen molar-refractivity contribution in [2.24, 2.45) is 0 Å². The minimum Gasteiger partial charge on any atom is -0.496 e. The summed E-state index contributed by atoms with van der Waals surface area (Å²) in [5.74, 6) is 0.422. The van der Waals surface area contributed by atoms with E-state index in [1.807, 2.05) is 39.0 Å². The SMILES string of the molecule is CC[C@H](C)NS(=O)(=O)c1ccc(C(=O)N[C@H](C)c2cc(C)ccc2OC)cc1. The molecule has 2 aromatic rings. The van der Waals surface area contributed by atoms with Crippen molar-refractivity contribution in [3.8, 4) is 5.75 Å². The molecule has 0 aliphatic carbocycles. The van der Waals surface area contributed by atoms with Crippen molar-refractivity contribution in [2.45, 2.75) is 51.1 Å². The number of sulfonamides is 1. The van der Waals surface area contributed by atoms with E-state index in [4.69, 9.17) is 4.74 Å². The topological polar surface area (TPSA) is 84.5 Å². The van der Waals surface area contributed by atoms with Crippen molar-refractivity contribution in [1.29, 1.82) is 0 Å². The Morgan fingerprint density at radius 2 is 1.75 bits per heavy atom. The Balaban J connectivity index is 2.14. The van der Waals surface area contributed by atoms with Crippen molar-refractivity contribution in [1.82, 2.24) is 10.0 Å². The van der Waals surface area contributed by atoms with Gasteiger partial charge in [0.25, 0.3) is 5.91 Å². The van der Waals surface area contributed by atoms with E-state index in [0.29, 0.717) is 17.7 Å². The van der Waals surface area contributed by atoms with E-state index in [1.54, 1.807) is 14.0 Å². The van der Waals surface area contributed by atoms with Gasteiger partial charge in [0, 0.05) is 17.2 Å². The van der Waals surface area contributed by atoms with Crippen molar-refractivity contribution in [3.05, 3.63) is 59.2 Å². The third-order valence-corrected chi connectivity index (χ3v) is 6.20. The molecule has 28 heavy (non-hydrogen) atoms. The second-order valence-corrected chi connectivity index (χ2v) is 8.61. The standard InChI is InChI=1S/C21H28N2O4S/c1-6-15(3)23-28(25,26)18-10-8-17(9-11-18)21(24)22-16(4)19-13-14(2)7-12-20(19)27-5/h7-13,15-16,23H,6H2,1-5H3,(H,22,24)/t15-,16+/m0/s1. The molecule has 2 aromatic carbocycles. The second-order valence-electron chi connectivity index (χ2n) is 6.90. The molecule has 0 aliphatic rings. The van der Waals surface area contributed by atoms with Crippen LogP contribution in [0.3, 0.4) is 0 Å². The molecular weight excluding hydrogens is 376 g/mol. The van der Waals surface area contributed by atoms with Gasteiger partial charge in [-0.1, -0.05) is 24.6 Å².